The van der Waals surface area contributed by atoms with Crippen LogP contribution in [0.25, 0.3) is 11.0 Å². The minimum Gasteiger partial charge on any atom is -0.341 e. The van der Waals surface area contributed by atoms with Crippen LogP contribution in [0.3, 0.4) is 0 Å². The molecule has 0 spiro atoms. The summed E-state index contributed by atoms with van der Waals surface area (Å²) in [5.41, 5.74) is 2.17. The maximum atomic E-state index is 4.64. The standard InChI is InChI=1S/C13H18N4/c1-16(2)10-7-8-17(9-10)13-14-11-5-3-4-6-12(11)15-13/h3-6,10H,7-9H2,1-2H3,(H,14,15). The summed E-state index contributed by atoms with van der Waals surface area (Å²) in [5.74, 6) is 1.01. The molecule has 1 aliphatic heterocycles. The Kier molecular flexibility index (Phi) is 2.52. The molecule has 3 rings (SSSR count). The van der Waals surface area contributed by atoms with Gasteiger partial charge >= 0.3 is 0 Å². The molecule has 2 aromatic rings. The SMILES string of the molecule is CN(C)C1CCN(c2nc3ccccc3[nH]2)C1. The molecular weight excluding hydrogens is 212 g/mol. The summed E-state index contributed by atoms with van der Waals surface area (Å²) < 4.78 is 0. The molecule has 4 heteroatoms. The van der Waals surface area contributed by atoms with Gasteiger partial charge in [0.1, 0.15) is 0 Å². The third-order valence-corrected chi connectivity index (χ3v) is 3.57. The Morgan fingerprint density at radius 2 is 2.18 bits per heavy atom. The van der Waals surface area contributed by atoms with Gasteiger partial charge in [0.15, 0.2) is 0 Å². The van der Waals surface area contributed by atoms with E-state index in [0.717, 1.165) is 30.1 Å². The smallest absolute Gasteiger partial charge is 0.203 e. The number of para-hydroxylation sites is 2. The van der Waals surface area contributed by atoms with Gasteiger partial charge in [0.2, 0.25) is 5.95 Å². The first kappa shape index (κ1) is 10.6. The number of H-pyrrole nitrogens is 1. The summed E-state index contributed by atoms with van der Waals surface area (Å²) in [6, 6.07) is 8.83. The molecule has 0 saturated carbocycles. The van der Waals surface area contributed by atoms with Crippen molar-refractivity contribution in [1.29, 1.82) is 0 Å². The van der Waals surface area contributed by atoms with Gasteiger partial charge < -0.3 is 14.8 Å². The monoisotopic (exact) mass is 230 g/mol. The van der Waals surface area contributed by atoms with Crippen molar-refractivity contribution in [2.45, 2.75) is 12.5 Å². The van der Waals surface area contributed by atoms with Crippen LogP contribution in [-0.4, -0.2) is 48.1 Å². The summed E-state index contributed by atoms with van der Waals surface area (Å²) in [5, 5.41) is 0. The molecule has 1 unspecified atom stereocenters. The zero-order valence-corrected chi connectivity index (χ0v) is 10.3. The summed E-state index contributed by atoms with van der Waals surface area (Å²) >= 11 is 0. The Morgan fingerprint density at radius 3 is 2.88 bits per heavy atom. The summed E-state index contributed by atoms with van der Waals surface area (Å²) in [6.45, 7) is 2.15. The number of nitrogens with one attached hydrogen (secondary N) is 1. The van der Waals surface area contributed by atoms with Crippen molar-refractivity contribution in [3.8, 4) is 0 Å². The average Bonchev–Trinajstić information content (AvgIpc) is 2.95. The van der Waals surface area contributed by atoms with Gasteiger partial charge in [0.05, 0.1) is 11.0 Å². The number of hydrogen-bond acceptors (Lipinski definition) is 3. The molecule has 1 aromatic carbocycles. The molecule has 1 atom stereocenters. The van der Waals surface area contributed by atoms with Gasteiger partial charge in [-0.15, -0.1) is 0 Å². The van der Waals surface area contributed by atoms with Gasteiger partial charge in [-0.1, -0.05) is 12.1 Å². The lowest BCUT2D eigenvalue weighted by molar-refractivity contribution is 0.315. The van der Waals surface area contributed by atoms with Crippen LogP contribution >= 0.6 is 0 Å². The lowest BCUT2D eigenvalue weighted by Crippen LogP contribution is -2.31. The number of hydrogen-bond donors (Lipinski definition) is 1. The second-order valence-electron chi connectivity index (χ2n) is 4.93. The Labute approximate surface area is 101 Å². The van der Waals surface area contributed by atoms with Crippen LogP contribution in [0.4, 0.5) is 5.95 Å². The second-order valence-corrected chi connectivity index (χ2v) is 4.93. The molecule has 1 aliphatic rings. The highest BCUT2D eigenvalue weighted by atomic mass is 15.3. The molecular formula is C13H18N4. The fourth-order valence-corrected chi connectivity index (χ4v) is 2.44. The first-order chi connectivity index (χ1) is 8.24. The average molecular weight is 230 g/mol. The molecule has 0 radical (unpaired) electrons. The molecule has 1 N–H and O–H groups in total. The van der Waals surface area contributed by atoms with Crippen molar-refractivity contribution in [2.75, 3.05) is 32.1 Å². The number of anilines is 1. The maximum absolute atomic E-state index is 4.64. The minimum absolute atomic E-state index is 0.642. The van der Waals surface area contributed by atoms with E-state index in [-0.39, 0.29) is 0 Å². The molecule has 0 bridgehead atoms. The topological polar surface area (TPSA) is 35.2 Å². The first-order valence-corrected chi connectivity index (χ1v) is 6.10. The van der Waals surface area contributed by atoms with Crippen LogP contribution in [0.15, 0.2) is 24.3 Å². The van der Waals surface area contributed by atoms with Crippen LogP contribution in [-0.2, 0) is 0 Å². The van der Waals surface area contributed by atoms with E-state index >= 15 is 0 Å². The Morgan fingerprint density at radius 1 is 1.35 bits per heavy atom. The fourth-order valence-electron chi connectivity index (χ4n) is 2.44. The molecule has 90 valence electrons. The van der Waals surface area contributed by atoms with Crippen molar-refractivity contribution in [1.82, 2.24) is 14.9 Å². The third kappa shape index (κ3) is 1.89. The number of rotatable bonds is 2. The van der Waals surface area contributed by atoms with Crippen LogP contribution in [0.1, 0.15) is 6.42 Å². The second kappa shape index (κ2) is 4.04. The predicted molar refractivity (Wildman–Crippen MR) is 70.4 cm³/mol. The molecule has 1 saturated heterocycles. The van der Waals surface area contributed by atoms with Gasteiger partial charge in [0, 0.05) is 19.1 Å². The lowest BCUT2D eigenvalue weighted by atomic mass is 10.2. The van der Waals surface area contributed by atoms with Crippen LogP contribution in [0, 0.1) is 0 Å². The van der Waals surface area contributed by atoms with Gasteiger partial charge in [-0.05, 0) is 32.6 Å². The lowest BCUT2D eigenvalue weighted by Gasteiger charge is -2.19. The van der Waals surface area contributed by atoms with Crippen molar-refractivity contribution in [3.05, 3.63) is 24.3 Å². The molecule has 1 aromatic heterocycles. The zero-order valence-electron chi connectivity index (χ0n) is 10.3. The predicted octanol–water partition coefficient (Wildman–Crippen LogP) is 1.70. The fraction of sp³-hybridized carbons (Fsp3) is 0.462. The number of nitrogens with zero attached hydrogens (tertiary/aromatic N) is 3. The maximum Gasteiger partial charge on any atom is 0.203 e. The van der Waals surface area contributed by atoms with Gasteiger partial charge in [-0.25, -0.2) is 4.98 Å². The van der Waals surface area contributed by atoms with Gasteiger partial charge in [0.25, 0.3) is 0 Å². The molecule has 2 heterocycles. The minimum atomic E-state index is 0.642. The van der Waals surface area contributed by atoms with E-state index < -0.39 is 0 Å². The molecule has 1 fully saturated rings. The summed E-state index contributed by atoms with van der Waals surface area (Å²) in [7, 11) is 4.29. The van der Waals surface area contributed by atoms with Crippen LogP contribution in [0.2, 0.25) is 0 Å². The number of likely N-dealkylation sites (N-methyl/N-ethyl adjacent to an activating group) is 1. The van der Waals surface area contributed by atoms with E-state index in [9.17, 15) is 0 Å². The number of aromatic nitrogens is 2. The van der Waals surface area contributed by atoms with E-state index in [4.69, 9.17) is 0 Å². The van der Waals surface area contributed by atoms with Crippen molar-refractivity contribution < 1.29 is 0 Å². The Balaban J connectivity index is 1.85. The number of aromatic amines is 1. The highest BCUT2D eigenvalue weighted by Gasteiger charge is 2.25. The van der Waals surface area contributed by atoms with Gasteiger partial charge in [-0.3, -0.25) is 0 Å². The molecule has 4 nitrogen and oxygen atoms in total. The van der Waals surface area contributed by atoms with E-state index in [1.165, 1.54) is 6.42 Å². The highest BCUT2D eigenvalue weighted by Crippen LogP contribution is 2.22. The van der Waals surface area contributed by atoms with Gasteiger partial charge in [-0.2, -0.15) is 0 Å². The third-order valence-electron chi connectivity index (χ3n) is 3.57. The van der Waals surface area contributed by atoms with Crippen molar-refractivity contribution in [2.24, 2.45) is 0 Å². The highest BCUT2D eigenvalue weighted by molar-refractivity contribution is 5.77. The van der Waals surface area contributed by atoms with E-state index in [0.29, 0.717) is 6.04 Å². The van der Waals surface area contributed by atoms with Crippen molar-refractivity contribution >= 4 is 17.0 Å². The number of benzene rings is 1. The Hall–Kier alpha value is -1.55. The Bertz CT molecular complexity index is 484. The van der Waals surface area contributed by atoms with Crippen LogP contribution < -0.4 is 4.90 Å². The van der Waals surface area contributed by atoms with E-state index in [2.05, 4.69) is 46.0 Å². The summed E-state index contributed by atoms with van der Waals surface area (Å²) in [4.78, 5) is 12.7. The van der Waals surface area contributed by atoms with Crippen LogP contribution in [0.5, 0.6) is 0 Å². The quantitative estimate of drug-likeness (QED) is 0.853. The number of imidazole rings is 1. The van der Waals surface area contributed by atoms with E-state index in [1.807, 2.05) is 12.1 Å². The number of fused-ring (bicyclic) bond motifs is 1. The van der Waals surface area contributed by atoms with E-state index in [1.54, 1.807) is 0 Å². The molecule has 0 amide bonds. The molecule has 17 heavy (non-hydrogen) atoms. The molecule has 0 aliphatic carbocycles. The first-order valence-electron chi connectivity index (χ1n) is 6.10. The van der Waals surface area contributed by atoms with Crippen molar-refractivity contribution in [3.63, 3.8) is 0 Å². The largest absolute Gasteiger partial charge is 0.341 e. The summed E-state index contributed by atoms with van der Waals surface area (Å²) in [6.07, 6.45) is 1.21. The normalized spacial score (nSPS) is 20.6. The zero-order chi connectivity index (χ0) is 11.8.